The molecule has 0 aromatic heterocycles. The summed E-state index contributed by atoms with van der Waals surface area (Å²) in [6.07, 6.45) is 5.14. The van der Waals surface area contributed by atoms with Crippen LogP contribution in [0.1, 0.15) is 60.6 Å². The zero-order valence-electron chi connectivity index (χ0n) is 18.4. The summed E-state index contributed by atoms with van der Waals surface area (Å²) in [5.41, 5.74) is 8.98. The summed E-state index contributed by atoms with van der Waals surface area (Å²) in [6, 6.07) is 13.2. The molecule has 166 valence electrons. The van der Waals surface area contributed by atoms with Crippen LogP contribution in [0.5, 0.6) is 0 Å². The lowest BCUT2D eigenvalue weighted by atomic mass is 9.67. The van der Waals surface area contributed by atoms with Gasteiger partial charge in [-0.25, -0.2) is 4.39 Å². The van der Waals surface area contributed by atoms with Crippen molar-refractivity contribution < 1.29 is 9.18 Å². The van der Waals surface area contributed by atoms with Crippen molar-refractivity contribution in [3.8, 4) is 0 Å². The van der Waals surface area contributed by atoms with Crippen LogP contribution in [-0.2, 0) is 4.79 Å². The largest absolute Gasteiger partial charge is 0.399 e. The number of nitrogens with zero attached hydrogens (tertiary/aromatic N) is 1. The number of anilines is 1. The lowest BCUT2D eigenvalue weighted by molar-refractivity contribution is -0.131. The Morgan fingerprint density at radius 1 is 1.12 bits per heavy atom. The highest BCUT2D eigenvalue weighted by Crippen LogP contribution is 2.56. The summed E-state index contributed by atoms with van der Waals surface area (Å²) in [6.45, 7) is 2.10. The number of nitrogens with two attached hydrogens (primary N) is 1. The molecule has 3 N–H and O–H groups in total. The Balaban J connectivity index is 1.52. The van der Waals surface area contributed by atoms with Gasteiger partial charge in [0.2, 0.25) is 5.91 Å². The predicted octanol–water partition coefficient (Wildman–Crippen LogP) is 5.63. The van der Waals surface area contributed by atoms with Crippen LogP contribution in [0.3, 0.4) is 0 Å². The Morgan fingerprint density at radius 3 is 2.47 bits per heavy atom. The highest BCUT2D eigenvalue weighted by molar-refractivity contribution is 8.03. The van der Waals surface area contributed by atoms with Gasteiger partial charge < -0.3 is 10.6 Å². The molecule has 3 atom stereocenters. The number of carbonyl (C=O) groups excluding carboxylic acids is 1. The maximum absolute atomic E-state index is 13.9. The average Bonchev–Trinajstić information content (AvgIpc) is 3.47. The first kappa shape index (κ1) is 21.3. The Morgan fingerprint density at radius 2 is 1.81 bits per heavy atom. The summed E-state index contributed by atoms with van der Waals surface area (Å²) >= 11 is 1.71. The van der Waals surface area contributed by atoms with Crippen LogP contribution in [0.2, 0.25) is 0 Å². The minimum atomic E-state index is -0.514. The molecule has 2 heterocycles. The Kier molecular flexibility index (Phi) is 5.16. The number of amides is 1. The van der Waals surface area contributed by atoms with Crippen LogP contribution in [0.15, 0.2) is 53.4 Å². The SMILES string of the molecule is CN1C(=N)C[C@](C)(C2=CC(c3cc(N)cc(F)c3)CS2)[C@H](c2ccc(C3CC3)cc2)C1=O. The minimum absolute atomic E-state index is 0.0339. The van der Waals surface area contributed by atoms with E-state index in [0.29, 0.717) is 23.9 Å². The summed E-state index contributed by atoms with van der Waals surface area (Å²) < 4.78 is 13.9. The molecular formula is C26H28FN3OS. The van der Waals surface area contributed by atoms with Gasteiger partial charge in [0.1, 0.15) is 11.7 Å². The highest BCUT2D eigenvalue weighted by atomic mass is 32.2. The second-order valence-corrected chi connectivity index (χ2v) is 10.6. The fourth-order valence-electron chi connectivity index (χ4n) is 5.14. The van der Waals surface area contributed by atoms with Gasteiger partial charge in [0, 0.05) is 36.2 Å². The molecule has 5 rings (SSSR count). The molecule has 0 bridgehead atoms. The van der Waals surface area contributed by atoms with E-state index in [9.17, 15) is 9.18 Å². The van der Waals surface area contributed by atoms with Gasteiger partial charge in [0.05, 0.1) is 5.92 Å². The van der Waals surface area contributed by atoms with Crippen LogP contribution in [-0.4, -0.2) is 29.4 Å². The maximum Gasteiger partial charge on any atom is 0.236 e. The second-order valence-electron chi connectivity index (χ2n) is 9.58. The summed E-state index contributed by atoms with van der Waals surface area (Å²) in [4.78, 5) is 16.1. The standard InChI is InChI=1S/C26H28FN3OS/c1-26(22-11-19(14-32-22)18-9-20(27)12-21(28)10-18)13-23(29)30(2)25(31)24(26)17-7-5-16(6-8-17)15-3-4-15/h5-12,15,19,24,29H,3-4,13-14,28H2,1-2H3/t19?,24-,26-/m1/s1. The lowest BCUT2D eigenvalue weighted by Crippen LogP contribution is -2.50. The molecular weight excluding hydrogens is 421 g/mol. The molecule has 2 aromatic carbocycles. The average molecular weight is 450 g/mol. The van der Waals surface area contributed by atoms with Crippen LogP contribution in [0.4, 0.5) is 10.1 Å². The summed E-state index contributed by atoms with van der Waals surface area (Å²) in [5.74, 6) is 1.09. The normalized spacial score (nSPS) is 28.2. The smallest absolute Gasteiger partial charge is 0.236 e. The number of likely N-dealkylation sites (N-methyl/N-ethyl adjacent to an activating group) is 1. The Hall–Kier alpha value is -2.60. The van der Waals surface area contributed by atoms with Crippen molar-refractivity contribution in [3.63, 3.8) is 0 Å². The molecule has 1 aliphatic carbocycles. The molecule has 1 saturated heterocycles. The highest BCUT2D eigenvalue weighted by Gasteiger charge is 2.50. The monoisotopic (exact) mass is 449 g/mol. The number of likely N-dealkylation sites (tertiary alicyclic amines) is 1. The number of benzene rings is 2. The van der Waals surface area contributed by atoms with E-state index in [2.05, 4.69) is 37.3 Å². The first-order valence-corrected chi connectivity index (χ1v) is 12.1. The van der Waals surface area contributed by atoms with Crippen LogP contribution < -0.4 is 5.73 Å². The van der Waals surface area contributed by atoms with E-state index in [1.54, 1.807) is 24.9 Å². The number of nitrogens with one attached hydrogen (secondary N) is 1. The number of amidine groups is 1. The molecule has 0 spiro atoms. The molecule has 0 radical (unpaired) electrons. The van der Waals surface area contributed by atoms with Gasteiger partial charge in [-0.05, 0) is 58.6 Å². The van der Waals surface area contributed by atoms with Crippen molar-refractivity contribution in [1.29, 1.82) is 5.41 Å². The molecule has 1 unspecified atom stereocenters. The first-order chi connectivity index (χ1) is 15.3. The summed E-state index contributed by atoms with van der Waals surface area (Å²) in [5, 5.41) is 8.47. The van der Waals surface area contributed by atoms with E-state index >= 15 is 0 Å². The van der Waals surface area contributed by atoms with Crippen molar-refractivity contribution >= 4 is 29.2 Å². The van der Waals surface area contributed by atoms with Crippen molar-refractivity contribution in [2.45, 2.75) is 43.9 Å². The van der Waals surface area contributed by atoms with E-state index < -0.39 is 5.41 Å². The second kappa shape index (κ2) is 7.77. The Labute approximate surface area is 192 Å². The zero-order chi connectivity index (χ0) is 22.6. The number of piperidine rings is 1. The molecule has 4 nitrogen and oxygen atoms in total. The van der Waals surface area contributed by atoms with Gasteiger partial charge in [-0.2, -0.15) is 0 Å². The van der Waals surface area contributed by atoms with Crippen molar-refractivity contribution in [2.75, 3.05) is 18.5 Å². The van der Waals surface area contributed by atoms with Crippen LogP contribution in [0.25, 0.3) is 0 Å². The van der Waals surface area contributed by atoms with E-state index in [-0.39, 0.29) is 23.6 Å². The number of rotatable bonds is 4. The maximum atomic E-state index is 13.9. The number of hydrogen-bond acceptors (Lipinski definition) is 4. The third-order valence-corrected chi connectivity index (χ3v) is 8.62. The number of hydrogen-bond donors (Lipinski definition) is 2. The first-order valence-electron chi connectivity index (χ1n) is 11.1. The molecule has 3 aliphatic rings. The quantitative estimate of drug-likeness (QED) is 0.595. The number of nitrogen functional groups attached to an aromatic ring is 1. The van der Waals surface area contributed by atoms with E-state index in [1.165, 1.54) is 29.4 Å². The van der Waals surface area contributed by atoms with Crippen LogP contribution in [0, 0.1) is 16.6 Å². The number of carbonyl (C=O) groups is 1. The van der Waals surface area contributed by atoms with Crippen LogP contribution >= 0.6 is 11.8 Å². The van der Waals surface area contributed by atoms with Crippen molar-refractivity contribution in [3.05, 3.63) is 76.0 Å². The molecule has 2 aromatic rings. The zero-order valence-corrected chi connectivity index (χ0v) is 19.2. The molecule has 2 aliphatic heterocycles. The van der Waals surface area contributed by atoms with Gasteiger partial charge >= 0.3 is 0 Å². The molecule has 6 heteroatoms. The third kappa shape index (κ3) is 3.64. The topological polar surface area (TPSA) is 70.2 Å². The number of thioether (sulfide) groups is 1. The van der Waals surface area contributed by atoms with Gasteiger partial charge in [-0.1, -0.05) is 37.3 Å². The van der Waals surface area contributed by atoms with E-state index in [0.717, 1.165) is 21.8 Å². The predicted molar refractivity (Wildman–Crippen MR) is 128 cm³/mol. The van der Waals surface area contributed by atoms with Gasteiger partial charge in [-0.3, -0.25) is 10.2 Å². The number of halogens is 1. The van der Waals surface area contributed by atoms with Gasteiger partial charge in [-0.15, -0.1) is 11.8 Å². The van der Waals surface area contributed by atoms with Crippen molar-refractivity contribution in [2.24, 2.45) is 5.41 Å². The molecule has 1 amide bonds. The third-order valence-electron chi connectivity index (χ3n) is 7.18. The van der Waals surface area contributed by atoms with Gasteiger partial charge in [0.25, 0.3) is 0 Å². The molecule has 1 saturated carbocycles. The minimum Gasteiger partial charge on any atom is -0.399 e. The van der Waals surface area contributed by atoms with Crippen molar-refractivity contribution in [1.82, 2.24) is 4.90 Å². The fraction of sp³-hybridized carbons (Fsp3) is 0.385. The van der Waals surface area contributed by atoms with Gasteiger partial charge in [0.15, 0.2) is 0 Å². The number of allylic oxidation sites excluding steroid dienone is 2. The molecule has 32 heavy (non-hydrogen) atoms. The lowest BCUT2D eigenvalue weighted by Gasteiger charge is -2.45. The van der Waals surface area contributed by atoms with E-state index in [4.69, 9.17) is 11.1 Å². The summed E-state index contributed by atoms with van der Waals surface area (Å²) in [7, 11) is 1.70. The molecule has 2 fully saturated rings. The fourth-order valence-corrected chi connectivity index (χ4v) is 6.57. The van der Waals surface area contributed by atoms with E-state index in [1.807, 2.05) is 6.07 Å². The Bertz CT molecular complexity index is 1100.